The van der Waals surface area contributed by atoms with E-state index in [0.29, 0.717) is 47.3 Å². The number of aryl methyl sites for hydroxylation is 2. The van der Waals surface area contributed by atoms with Crippen molar-refractivity contribution in [1.29, 1.82) is 0 Å². The Morgan fingerprint density at radius 1 is 0.687 bits per heavy atom. The number of rotatable bonds is 12. The standard InChI is InChI=1S/C51H60F6N10/c1-30-37(10-8-12-43(30)50(52,53)54)32(3)59-47-42-29-35(66-24-20-34(21-25-66)65(6)7)15-17-40(42)46(62-64-47)19-18-45(38-11-9-13-44(31(38)2)51(55,56)57)60-48-41-28-36(14-16-39(41)33(4)61-63-48)67-26-22-49(5,58)23-27-67/h8-17,28-29,32,34,45H,18-27,58H2,1-7H3,(H,59,64)(H,60,63)/t32-,45-/m1/s1. The van der Waals surface area contributed by atoms with Gasteiger partial charge in [0.05, 0.1) is 34.6 Å². The fraction of sp³-hybridized carbons (Fsp3) is 0.451. The van der Waals surface area contributed by atoms with Crippen LogP contribution in [0.5, 0.6) is 0 Å². The SMILES string of the molecule is Cc1c([C@@H](C)Nc2nnc(CC[C@@H](Nc3nnc(C)c4ccc(N5CCC(C)(N)CC5)cc34)c3cccc(C(F)(F)F)c3C)c3ccc(N4CCC(N(C)C)CC4)cc23)cccc1C(F)(F)F. The molecule has 2 aromatic heterocycles. The summed E-state index contributed by atoms with van der Waals surface area (Å²) in [7, 11) is 4.19. The lowest BCUT2D eigenvalue weighted by atomic mass is 9.90. The van der Waals surface area contributed by atoms with Crippen molar-refractivity contribution >= 4 is 44.6 Å². The number of alkyl halides is 6. The van der Waals surface area contributed by atoms with Gasteiger partial charge in [-0.15, -0.1) is 10.2 Å². The molecule has 2 fully saturated rings. The van der Waals surface area contributed by atoms with Crippen molar-refractivity contribution in [2.75, 3.05) is 60.7 Å². The van der Waals surface area contributed by atoms with Crippen LogP contribution in [-0.4, -0.2) is 77.1 Å². The van der Waals surface area contributed by atoms with Crippen LogP contribution >= 0.6 is 0 Å². The molecule has 356 valence electrons. The van der Waals surface area contributed by atoms with Gasteiger partial charge < -0.3 is 31.1 Å². The number of aromatic nitrogens is 4. The molecule has 0 amide bonds. The molecule has 0 bridgehead atoms. The monoisotopic (exact) mass is 926 g/mol. The maximum atomic E-state index is 14.5. The zero-order valence-corrected chi connectivity index (χ0v) is 39.2. The third-order valence-electron chi connectivity index (χ3n) is 14.2. The van der Waals surface area contributed by atoms with Gasteiger partial charge in [0.1, 0.15) is 0 Å². The number of anilines is 4. The smallest absolute Gasteiger partial charge is 0.371 e. The predicted octanol–water partition coefficient (Wildman–Crippen LogP) is 11.3. The summed E-state index contributed by atoms with van der Waals surface area (Å²) < 4.78 is 85.4. The molecule has 6 aromatic rings. The van der Waals surface area contributed by atoms with E-state index in [1.54, 1.807) is 19.1 Å². The van der Waals surface area contributed by atoms with Gasteiger partial charge in [-0.2, -0.15) is 36.5 Å². The molecule has 0 aliphatic carbocycles. The number of hydrogen-bond acceptors (Lipinski definition) is 10. The van der Waals surface area contributed by atoms with E-state index in [0.717, 1.165) is 103 Å². The molecule has 4 heterocycles. The van der Waals surface area contributed by atoms with Gasteiger partial charge in [-0.3, -0.25) is 0 Å². The van der Waals surface area contributed by atoms with Gasteiger partial charge >= 0.3 is 12.4 Å². The van der Waals surface area contributed by atoms with Gasteiger partial charge in [-0.1, -0.05) is 36.4 Å². The first kappa shape index (κ1) is 47.7. The van der Waals surface area contributed by atoms with Gasteiger partial charge in [0, 0.05) is 70.7 Å². The summed E-state index contributed by atoms with van der Waals surface area (Å²) in [5.41, 5.74) is 9.32. The summed E-state index contributed by atoms with van der Waals surface area (Å²) in [6.07, 6.45) is -4.83. The molecular formula is C51H60F6N10. The summed E-state index contributed by atoms with van der Waals surface area (Å²) in [4.78, 5) is 6.88. The molecule has 16 heteroatoms. The maximum Gasteiger partial charge on any atom is 0.416 e. The average molecular weight is 927 g/mol. The van der Waals surface area contributed by atoms with Crippen molar-refractivity contribution in [1.82, 2.24) is 25.3 Å². The van der Waals surface area contributed by atoms with E-state index in [9.17, 15) is 26.3 Å². The molecule has 2 atom stereocenters. The Morgan fingerprint density at radius 2 is 1.21 bits per heavy atom. The molecule has 0 spiro atoms. The molecular weight excluding hydrogens is 867 g/mol. The lowest BCUT2D eigenvalue weighted by molar-refractivity contribution is -0.138. The first-order chi connectivity index (χ1) is 31.7. The third kappa shape index (κ3) is 10.3. The number of benzene rings is 4. The zero-order valence-electron chi connectivity index (χ0n) is 39.2. The van der Waals surface area contributed by atoms with Crippen molar-refractivity contribution in [3.8, 4) is 0 Å². The van der Waals surface area contributed by atoms with E-state index in [1.807, 2.05) is 19.1 Å². The fourth-order valence-corrected chi connectivity index (χ4v) is 9.98. The molecule has 2 aliphatic rings. The van der Waals surface area contributed by atoms with Crippen LogP contribution < -0.4 is 26.2 Å². The van der Waals surface area contributed by atoms with Crippen molar-refractivity contribution in [2.45, 2.75) is 109 Å². The van der Waals surface area contributed by atoms with Crippen LogP contribution in [0, 0.1) is 20.8 Å². The van der Waals surface area contributed by atoms with Gasteiger partial charge in [-0.25, -0.2) is 0 Å². The van der Waals surface area contributed by atoms with E-state index in [2.05, 4.69) is 80.8 Å². The lowest BCUT2D eigenvalue weighted by Crippen LogP contribution is -2.48. The van der Waals surface area contributed by atoms with E-state index in [-0.39, 0.29) is 16.7 Å². The largest absolute Gasteiger partial charge is 0.416 e. The number of nitrogens with one attached hydrogen (secondary N) is 2. The number of fused-ring (bicyclic) bond motifs is 2. The summed E-state index contributed by atoms with van der Waals surface area (Å²) in [6.45, 7) is 12.0. The minimum Gasteiger partial charge on any atom is -0.371 e. The number of nitrogens with zero attached hydrogens (tertiary/aromatic N) is 7. The van der Waals surface area contributed by atoms with Crippen molar-refractivity contribution in [2.24, 2.45) is 5.73 Å². The second kappa shape index (κ2) is 18.7. The molecule has 2 saturated heterocycles. The highest BCUT2D eigenvalue weighted by atomic mass is 19.4. The van der Waals surface area contributed by atoms with Crippen molar-refractivity contribution in [3.63, 3.8) is 0 Å². The van der Waals surface area contributed by atoms with Crippen LogP contribution in [0.1, 0.15) is 103 Å². The fourth-order valence-electron chi connectivity index (χ4n) is 9.98. The number of hydrogen-bond donors (Lipinski definition) is 3. The first-order valence-electron chi connectivity index (χ1n) is 23.1. The quantitative estimate of drug-likeness (QED) is 0.103. The number of piperidine rings is 2. The highest BCUT2D eigenvalue weighted by Gasteiger charge is 2.35. The number of halogens is 6. The summed E-state index contributed by atoms with van der Waals surface area (Å²) in [6, 6.07) is 19.9. The molecule has 4 aromatic carbocycles. The van der Waals surface area contributed by atoms with Crippen LogP contribution in [0.25, 0.3) is 21.5 Å². The zero-order chi connectivity index (χ0) is 48.0. The van der Waals surface area contributed by atoms with Gasteiger partial charge in [-0.05, 0) is 146 Å². The van der Waals surface area contributed by atoms with Crippen LogP contribution in [0.15, 0.2) is 72.8 Å². The molecule has 10 nitrogen and oxygen atoms in total. The Bertz CT molecular complexity index is 2740. The summed E-state index contributed by atoms with van der Waals surface area (Å²) in [5.74, 6) is 0.862. The Kier molecular flexibility index (Phi) is 13.4. The van der Waals surface area contributed by atoms with Crippen molar-refractivity contribution in [3.05, 3.63) is 118 Å². The average Bonchev–Trinajstić information content (AvgIpc) is 3.28. The van der Waals surface area contributed by atoms with E-state index in [4.69, 9.17) is 15.9 Å². The highest BCUT2D eigenvalue weighted by Crippen LogP contribution is 2.40. The predicted molar refractivity (Wildman–Crippen MR) is 256 cm³/mol. The Morgan fingerprint density at radius 3 is 1.81 bits per heavy atom. The van der Waals surface area contributed by atoms with Gasteiger partial charge in [0.25, 0.3) is 0 Å². The second-order valence-electron chi connectivity index (χ2n) is 19.0. The lowest BCUT2D eigenvalue weighted by Gasteiger charge is -2.38. The molecule has 0 radical (unpaired) electrons. The van der Waals surface area contributed by atoms with Crippen molar-refractivity contribution < 1.29 is 26.3 Å². The Hall–Kier alpha value is -5.74. The highest BCUT2D eigenvalue weighted by molar-refractivity contribution is 5.96. The van der Waals surface area contributed by atoms with Crippen LogP contribution in [0.2, 0.25) is 0 Å². The Balaban J connectivity index is 1.17. The minimum absolute atomic E-state index is 0.104. The van der Waals surface area contributed by atoms with Crippen LogP contribution in [0.4, 0.5) is 49.4 Å². The van der Waals surface area contributed by atoms with E-state index < -0.39 is 35.6 Å². The van der Waals surface area contributed by atoms with Crippen LogP contribution in [0.3, 0.4) is 0 Å². The maximum absolute atomic E-state index is 14.5. The molecule has 67 heavy (non-hydrogen) atoms. The topological polar surface area (TPSA) is 111 Å². The Labute approximate surface area is 388 Å². The molecule has 4 N–H and O–H groups in total. The second-order valence-corrected chi connectivity index (χ2v) is 19.0. The molecule has 8 rings (SSSR count). The third-order valence-corrected chi connectivity index (χ3v) is 14.2. The summed E-state index contributed by atoms with van der Waals surface area (Å²) >= 11 is 0. The van der Waals surface area contributed by atoms with Crippen LogP contribution in [-0.2, 0) is 18.8 Å². The van der Waals surface area contributed by atoms with E-state index >= 15 is 0 Å². The molecule has 2 aliphatic heterocycles. The first-order valence-corrected chi connectivity index (χ1v) is 23.1. The minimum atomic E-state index is -4.57. The summed E-state index contributed by atoms with van der Waals surface area (Å²) in [5, 5.41) is 28.7. The van der Waals surface area contributed by atoms with Gasteiger partial charge in [0.15, 0.2) is 11.6 Å². The normalized spacial score (nSPS) is 17.1. The molecule has 0 saturated carbocycles. The molecule has 0 unspecified atom stereocenters. The van der Waals surface area contributed by atoms with Gasteiger partial charge in [0.2, 0.25) is 0 Å². The number of nitrogens with two attached hydrogens (primary N) is 1. The van der Waals surface area contributed by atoms with E-state index in [1.165, 1.54) is 26.0 Å².